The van der Waals surface area contributed by atoms with Gasteiger partial charge in [0.2, 0.25) is 21.8 Å². The van der Waals surface area contributed by atoms with E-state index in [1.165, 1.54) is 25.3 Å². The molecule has 3 rings (SSSR count). The molecule has 0 saturated carbocycles. The van der Waals surface area contributed by atoms with Crippen molar-refractivity contribution >= 4 is 27.5 Å². The zero-order valence-electron chi connectivity index (χ0n) is 17.5. The standard InChI is InChI=1S/C21H24N2O7S/c1-14(13-30-16-6-4-15(28-2)5-7-16)22-31(26,27)17-8-9-19(29-3)18(12-17)23-20(24)10-11-21(23)25/h4-9,12,14,22H,10-11,13H2,1-3H3/t14-/m0/s1. The van der Waals surface area contributed by atoms with Crippen LogP contribution in [0, 0.1) is 0 Å². The maximum atomic E-state index is 12.9. The second-order valence-corrected chi connectivity index (χ2v) is 8.68. The van der Waals surface area contributed by atoms with Gasteiger partial charge in [0.15, 0.2) is 0 Å². The molecule has 2 aromatic rings. The molecule has 1 atom stereocenters. The number of sulfonamides is 1. The summed E-state index contributed by atoms with van der Waals surface area (Å²) in [5.41, 5.74) is 0.111. The third kappa shape index (κ3) is 5.15. The number of nitrogens with one attached hydrogen (secondary N) is 1. The predicted octanol–water partition coefficient (Wildman–Crippen LogP) is 2.10. The Kier molecular flexibility index (Phi) is 6.81. The van der Waals surface area contributed by atoms with Crippen molar-refractivity contribution < 1.29 is 32.2 Å². The summed E-state index contributed by atoms with van der Waals surface area (Å²) in [6.45, 7) is 1.76. The highest BCUT2D eigenvalue weighted by atomic mass is 32.2. The molecule has 10 heteroatoms. The maximum absolute atomic E-state index is 12.9. The van der Waals surface area contributed by atoms with Crippen LogP contribution in [-0.4, -0.2) is 47.1 Å². The summed E-state index contributed by atoms with van der Waals surface area (Å²) in [5.74, 6) is 0.702. The van der Waals surface area contributed by atoms with Crippen LogP contribution in [0.25, 0.3) is 0 Å². The van der Waals surface area contributed by atoms with Crippen LogP contribution in [0.2, 0.25) is 0 Å². The number of benzene rings is 2. The molecular formula is C21H24N2O7S. The van der Waals surface area contributed by atoms with Gasteiger partial charge in [0.1, 0.15) is 23.9 Å². The van der Waals surface area contributed by atoms with Crippen molar-refractivity contribution in [3.63, 3.8) is 0 Å². The normalized spacial score (nSPS) is 15.1. The van der Waals surface area contributed by atoms with Gasteiger partial charge in [0.05, 0.1) is 30.8 Å². The first-order valence-electron chi connectivity index (χ1n) is 9.58. The number of anilines is 1. The molecule has 1 N–H and O–H groups in total. The minimum atomic E-state index is -3.94. The van der Waals surface area contributed by atoms with E-state index in [0.717, 1.165) is 4.90 Å². The largest absolute Gasteiger partial charge is 0.497 e. The van der Waals surface area contributed by atoms with Crippen LogP contribution in [0.15, 0.2) is 47.4 Å². The lowest BCUT2D eigenvalue weighted by atomic mass is 10.2. The van der Waals surface area contributed by atoms with Crippen molar-refractivity contribution in [3.05, 3.63) is 42.5 Å². The SMILES string of the molecule is COc1ccc(OC[C@H](C)NS(=O)(=O)c2ccc(OC)c(N3C(=O)CCC3=O)c2)cc1. The number of carbonyl (C=O) groups is 2. The lowest BCUT2D eigenvalue weighted by Gasteiger charge is -2.19. The second-order valence-electron chi connectivity index (χ2n) is 6.97. The van der Waals surface area contributed by atoms with Gasteiger partial charge in [-0.2, -0.15) is 0 Å². The van der Waals surface area contributed by atoms with Crippen LogP contribution in [0.3, 0.4) is 0 Å². The van der Waals surface area contributed by atoms with Gasteiger partial charge in [-0.05, 0) is 49.4 Å². The fraction of sp³-hybridized carbons (Fsp3) is 0.333. The van der Waals surface area contributed by atoms with Crippen LogP contribution >= 0.6 is 0 Å². The van der Waals surface area contributed by atoms with Gasteiger partial charge in [0, 0.05) is 12.8 Å². The Morgan fingerprint density at radius 1 is 0.968 bits per heavy atom. The molecule has 0 unspecified atom stereocenters. The van der Waals surface area contributed by atoms with Crippen molar-refractivity contribution in [1.82, 2.24) is 4.72 Å². The van der Waals surface area contributed by atoms with Gasteiger partial charge in [-0.25, -0.2) is 18.0 Å². The number of hydrogen-bond donors (Lipinski definition) is 1. The number of carbonyl (C=O) groups excluding carboxylic acids is 2. The van der Waals surface area contributed by atoms with Crippen LogP contribution in [0.5, 0.6) is 17.2 Å². The summed E-state index contributed by atoms with van der Waals surface area (Å²) in [7, 11) is -0.995. The van der Waals surface area contributed by atoms with Crippen LogP contribution in [0.4, 0.5) is 5.69 Å². The lowest BCUT2D eigenvalue weighted by molar-refractivity contribution is -0.121. The minimum absolute atomic E-state index is 0.0803. The van der Waals surface area contributed by atoms with Crippen LogP contribution < -0.4 is 23.8 Å². The highest BCUT2D eigenvalue weighted by Crippen LogP contribution is 2.34. The maximum Gasteiger partial charge on any atom is 0.241 e. The smallest absolute Gasteiger partial charge is 0.241 e. The van der Waals surface area contributed by atoms with E-state index in [1.807, 2.05) is 0 Å². The highest BCUT2D eigenvalue weighted by molar-refractivity contribution is 7.89. The Hall–Kier alpha value is -3.11. The third-order valence-electron chi connectivity index (χ3n) is 4.67. The average Bonchev–Trinajstić information content (AvgIpc) is 3.09. The first kappa shape index (κ1) is 22.6. The van der Waals surface area contributed by atoms with Crippen LogP contribution in [-0.2, 0) is 19.6 Å². The van der Waals surface area contributed by atoms with Crippen molar-refractivity contribution in [2.45, 2.75) is 30.7 Å². The zero-order chi connectivity index (χ0) is 22.6. The molecule has 1 aliphatic heterocycles. The number of amides is 2. The van der Waals surface area contributed by atoms with Gasteiger partial charge in [-0.15, -0.1) is 0 Å². The summed E-state index contributed by atoms with van der Waals surface area (Å²) < 4.78 is 44.2. The molecular weight excluding hydrogens is 424 g/mol. The summed E-state index contributed by atoms with van der Waals surface area (Å²) >= 11 is 0. The Labute approximate surface area is 181 Å². The molecule has 1 aliphatic rings. The molecule has 2 aromatic carbocycles. The molecule has 166 valence electrons. The molecule has 1 fully saturated rings. The predicted molar refractivity (Wildman–Crippen MR) is 113 cm³/mol. The highest BCUT2D eigenvalue weighted by Gasteiger charge is 2.33. The van der Waals surface area contributed by atoms with Crippen molar-refractivity contribution in [1.29, 1.82) is 0 Å². The molecule has 0 aliphatic carbocycles. The van der Waals surface area contributed by atoms with Gasteiger partial charge < -0.3 is 14.2 Å². The number of hydrogen-bond acceptors (Lipinski definition) is 7. The lowest BCUT2D eigenvalue weighted by Crippen LogP contribution is -2.37. The Balaban J connectivity index is 1.74. The summed E-state index contributed by atoms with van der Waals surface area (Å²) in [6, 6.07) is 10.4. The fourth-order valence-electron chi connectivity index (χ4n) is 3.12. The zero-order valence-corrected chi connectivity index (χ0v) is 18.3. The monoisotopic (exact) mass is 448 g/mol. The van der Waals surface area contributed by atoms with E-state index in [4.69, 9.17) is 14.2 Å². The third-order valence-corrected chi connectivity index (χ3v) is 6.26. The molecule has 0 aromatic heterocycles. The van der Waals surface area contributed by atoms with E-state index in [9.17, 15) is 18.0 Å². The fourth-order valence-corrected chi connectivity index (χ4v) is 4.36. The van der Waals surface area contributed by atoms with E-state index in [-0.39, 0.29) is 35.8 Å². The van der Waals surface area contributed by atoms with Gasteiger partial charge >= 0.3 is 0 Å². The first-order chi connectivity index (χ1) is 14.7. The Morgan fingerprint density at radius 2 is 1.58 bits per heavy atom. The summed E-state index contributed by atoms with van der Waals surface area (Å²) in [4.78, 5) is 25.1. The number of rotatable bonds is 9. The molecule has 31 heavy (non-hydrogen) atoms. The Morgan fingerprint density at radius 3 is 2.16 bits per heavy atom. The van der Waals surface area contributed by atoms with Crippen molar-refractivity contribution in [3.8, 4) is 17.2 Å². The average molecular weight is 448 g/mol. The number of ether oxygens (including phenoxy) is 3. The number of methoxy groups -OCH3 is 2. The molecule has 1 saturated heterocycles. The minimum Gasteiger partial charge on any atom is -0.497 e. The molecule has 0 bridgehead atoms. The Bertz CT molecular complexity index is 1050. The van der Waals surface area contributed by atoms with E-state index in [1.54, 1.807) is 38.3 Å². The van der Waals surface area contributed by atoms with E-state index >= 15 is 0 Å². The van der Waals surface area contributed by atoms with E-state index in [0.29, 0.717) is 11.5 Å². The molecule has 9 nitrogen and oxygen atoms in total. The molecule has 2 amide bonds. The summed E-state index contributed by atoms with van der Waals surface area (Å²) in [6.07, 6.45) is 0.161. The number of imide groups is 1. The second kappa shape index (κ2) is 9.36. The van der Waals surface area contributed by atoms with Gasteiger partial charge in [0.25, 0.3) is 0 Å². The molecule has 0 spiro atoms. The van der Waals surface area contributed by atoms with Gasteiger partial charge in [-0.3, -0.25) is 9.59 Å². The summed E-state index contributed by atoms with van der Waals surface area (Å²) in [5, 5.41) is 0. The van der Waals surface area contributed by atoms with Crippen LogP contribution in [0.1, 0.15) is 19.8 Å². The van der Waals surface area contributed by atoms with Gasteiger partial charge in [-0.1, -0.05) is 0 Å². The van der Waals surface area contributed by atoms with Crippen molar-refractivity contribution in [2.24, 2.45) is 0 Å². The quantitative estimate of drug-likeness (QED) is 0.585. The van der Waals surface area contributed by atoms with E-state index < -0.39 is 27.9 Å². The number of nitrogens with zero attached hydrogens (tertiary/aromatic N) is 1. The topological polar surface area (TPSA) is 111 Å². The molecule has 1 heterocycles. The molecule has 0 radical (unpaired) electrons. The van der Waals surface area contributed by atoms with Crippen molar-refractivity contribution in [2.75, 3.05) is 25.7 Å². The first-order valence-corrected chi connectivity index (χ1v) is 11.1. The van der Waals surface area contributed by atoms with E-state index in [2.05, 4.69) is 4.72 Å².